The highest BCUT2D eigenvalue weighted by Gasteiger charge is 2.25. The smallest absolute Gasteiger partial charge is 0.462 e. The summed E-state index contributed by atoms with van der Waals surface area (Å²) in [6.45, 7) is 3.48. The second-order valence-corrected chi connectivity index (χ2v) is 14.2. The van der Waals surface area contributed by atoms with E-state index in [4.69, 9.17) is 24.3 Å². The lowest BCUT2D eigenvalue weighted by molar-refractivity contribution is -0.161. The topological polar surface area (TPSA) is 134 Å². The van der Waals surface area contributed by atoms with E-state index in [1.165, 1.54) is 25.7 Å². The van der Waals surface area contributed by atoms with Crippen molar-refractivity contribution in [1.82, 2.24) is 0 Å². The maximum absolute atomic E-state index is 12.5. The van der Waals surface area contributed by atoms with Crippen molar-refractivity contribution < 1.29 is 37.6 Å². The number of rotatable bonds is 36. The molecule has 0 aliphatic carbocycles. The number of phosphoric ester groups is 1. The highest BCUT2D eigenvalue weighted by atomic mass is 31.2. The van der Waals surface area contributed by atoms with Gasteiger partial charge in [-0.25, -0.2) is 4.57 Å². The van der Waals surface area contributed by atoms with E-state index in [0.717, 1.165) is 70.6 Å². The number of allylic oxidation sites excluding steroid dienone is 14. The van der Waals surface area contributed by atoms with Gasteiger partial charge in [-0.15, -0.1) is 0 Å². The average molecular weight is 762 g/mol. The molecule has 0 saturated carbocycles. The molecule has 0 spiro atoms. The van der Waals surface area contributed by atoms with Crippen molar-refractivity contribution in [3.8, 4) is 0 Å². The Balaban J connectivity index is 4.36. The van der Waals surface area contributed by atoms with E-state index >= 15 is 0 Å². The number of hydrogen-bond acceptors (Lipinski definition) is 8. The van der Waals surface area contributed by atoms with E-state index in [0.29, 0.717) is 19.3 Å². The lowest BCUT2D eigenvalue weighted by atomic mass is 10.1. The third-order valence-corrected chi connectivity index (χ3v) is 8.78. The maximum atomic E-state index is 12.5. The first-order valence-electron chi connectivity index (χ1n) is 20.1. The fourth-order valence-corrected chi connectivity index (χ4v) is 5.60. The first-order chi connectivity index (χ1) is 25.8. The molecule has 3 N–H and O–H groups in total. The fraction of sp³-hybridized carbons (Fsp3) is 0.628. The van der Waals surface area contributed by atoms with Gasteiger partial charge in [0.2, 0.25) is 0 Å². The number of esters is 2. The molecule has 302 valence electrons. The van der Waals surface area contributed by atoms with E-state index in [2.05, 4.69) is 92.8 Å². The molecule has 0 aromatic heterocycles. The van der Waals surface area contributed by atoms with E-state index in [1.54, 1.807) is 0 Å². The van der Waals surface area contributed by atoms with Crippen molar-refractivity contribution in [2.75, 3.05) is 26.4 Å². The summed E-state index contributed by atoms with van der Waals surface area (Å²) in [5.74, 6) is -0.925. The average Bonchev–Trinajstić information content (AvgIpc) is 3.14. The highest BCUT2D eigenvalue weighted by Crippen LogP contribution is 2.43. The van der Waals surface area contributed by atoms with Gasteiger partial charge in [0, 0.05) is 19.4 Å². The van der Waals surface area contributed by atoms with E-state index < -0.39 is 32.5 Å². The third-order valence-electron chi connectivity index (χ3n) is 7.79. The summed E-state index contributed by atoms with van der Waals surface area (Å²) >= 11 is 0. The van der Waals surface area contributed by atoms with Gasteiger partial charge in [0.1, 0.15) is 6.61 Å². The molecule has 0 aromatic carbocycles. The Morgan fingerprint density at radius 3 is 1.70 bits per heavy atom. The normalized spacial score (nSPS) is 14.3. The Morgan fingerprint density at radius 2 is 1.11 bits per heavy atom. The summed E-state index contributed by atoms with van der Waals surface area (Å²) in [6, 6.07) is 0. The van der Waals surface area contributed by atoms with Gasteiger partial charge in [0.05, 0.1) is 13.2 Å². The quantitative estimate of drug-likeness (QED) is 0.0210. The van der Waals surface area contributed by atoms with Crippen LogP contribution in [0.4, 0.5) is 0 Å². The van der Waals surface area contributed by atoms with Crippen LogP contribution in [0.25, 0.3) is 0 Å². The Hall–Kier alpha value is -2.81. The molecule has 0 aliphatic rings. The number of carbonyl (C=O) groups excluding carboxylic acids is 2. The van der Waals surface area contributed by atoms with Crippen molar-refractivity contribution in [1.29, 1.82) is 0 Å². The number of nitrogens with two attached hydrogens (primary N) is 1. The van der Waals surface area contributed by atoms with Crippen LogP contribution in [-0.4, -0.2) is 49.3 Å². The molecular weight excluding hydrogens is 689 g/mol. The van der Waals surface area contributed by atoms with Crippen LogP contribution >= 0.6 is 7.82 Å². The lowest BCUT2D eigenvalue weighted by Crippen LogP contribution is -2.29. The summed E-state index contributed by atoms with van der Waals surface area (Å²) < 4.78 is 32.6. The molecule has 0 aromatic rings. The molecule has 2 atom stereocenters. The van der Waals surface area contributed by atoms with Crippen molar-refractivity contribution in [2.45, 2.75) is 148 Å². The zero-order valence-electron chi connectivity index (χ0n) is 33.0. The zero-order chi connectivity index (χ0) is 38.9. The van der Waals surface area contributed by atoms with Gasteiger partial charge in [-0.05, 0) is 77.0 Å². The van der Waals surface area contributed by atoms with Crippen molar-refractivity contribution in [2.24, 2.45) is 5.73 Å². The van der Waals surface area contributed by atoms with Crippen LogP contribution in [0, 0.1) is 0 Å². The van der Waals surface area contributed by atoms with Gasteiger partial charge in [-0.1, -0.05) is 137 Å². The van der Waals surface area contributed by atoms with Gasteiger partial charge in [0.15, 0.2) is 6.10 Å². The fourth-order valence-electron chi connectivity index (χ4n) is 4.83. The van der Waals surface area contributed by atoms with Crippen LogP contribution in [0.1, 0.15) is 142 Å². The summed E-state index contributed by atoms with van der Waals surface area (Å²) in [4.78, 5) is 34.8. The molecule has 0 heterocycles. The summed E-state index contributed by atoms with van der Waals surface area (Å²) in [6.07, 6.45) is 47.6. The van der Waals surface area contributed by atoms with Crippen molar-refractivity contribution >= 4 is 19.8 Å². The molecule has 0 rings (SSSR count). The molecule has 53 heavy (non-hydrogen) atoms. The number of unbranched alkanes of at least 4 members (excludes halogenated alkanes) is 10. The van der Waals surface area contributed by atoms with Gasteiger partial charge >= 0.3 is 19.8 Å². The Morgan fingerprint density at radius 1 is 0.604 bits per heavy atom. The predicted octanol–water partition coefficient (Wildman–Crippen LogP) is 11.3. The zero-order valence-corrected chi connectivity index (χ0v) is 33.9. The highest BCUT2D eigenvalue weighted by molar-refractivity contribution is 7.47. The van der Waals surface area contributed by atoms with Crippen LogP contribution in [0.5, 0.6) is 0 Å². The molecule has 0 aliphatic heterocycles. The van der Waals surface area contributed by atoms with Crippen LogP contribution in [-0.2, 0) is 32.7 Å². The molecule has 0 bridgehead atoms. The Kier molecular flexibility index (Phi) is 36.8. The second kappa shape index (κ2) is 38.9. The Labute approximate surface area is 322 Å². The van der Waals surface area contributed by atoms with Gasteiger partial charge in [-0.2, -0.15) is 0 Å². The Bertz CT molecular complexity index is 1140. The van der Waals surface area contributed by atoms with E-state index in [1.807, 2.05) is 6.08 Å². The monoisotopic (exact) mass is 761 g/mol. The number of hydrogen-bond donors (Lipinski definition) is 2. The molecule has 0 amide bonds. The second-order valence-electron chi connectivity index (χ2n) is 12.8. The standard InChI is InChI=1S/C43H72NO8P/c1-3-5-7-9-11-13-15-17-19-20-22-24-26-28-30-32-34-36-43(46)52-41(40-51-53(47,48)50-38-37-44)39-49-42(45)35-33-31-29-27-25-23-21-18-16-14-12-10-8-6-4-2/h5,7,11,13-14,16-19,21-22,24,28,30,41H,3-4,6,8-10,12,15,20,23,25-27,29,31-40,44H2,1-2H3,(H,47,48)/b7-5+,13-11+,16-14+,19-17+,21-18+,24-22+,30-28+/t41-/m1/s1. The van der Waals surface area contributed by atoms with Crippen molar-refractivity contribution in [3.63, 3.8) is 0 Å². The summed E-state index contributed by atoms with van der Waals surface area (Å²) in [5, 5.41) is 0. The SMILES string of the molecule is CC/C=C/C/C=C/C/C=C/C/C=C/C/C=C/CCCC(=O)O[C@H](COC(=O)CCCCCCC/C=C/C=C/CCCCCC)COP(=O)(O)OCCN. The van der Waals surface area contributed by atoms with Gasteiger partial charge in [-0.3, -0.25) is 18.6 Å². The third kappa shape index (κ3) is 38.7. The molecule has 10 heteroatoms. The molecule has 9 nitrogen and oxygen atoms in total. The van der Waals surface area contributed by atoms with E-state index in [9.17, 15) is 19.0 Å². The maximum Gasteiger partial charge on any atom is 0.472 e. The number of carbonyl (C=O) groups is 2. The van der Waals surface area contributed by atoms with Crippen LogP contribution < -0.4 is 5.73 Å². The first kappa shape index (κ1) is 50.2. The van der Waals surface area contributed by atoms with Crippen LogP contribution in [0.15, 0.2) is 85.1 Å². The molecule has 0 radical (unpaired) electrons. The lowest BCUT2D eigenvalue weighted by Gasteiger charge is -2.19. The molecule has 1 unspecified atom stereocenters. The van der Waals surface area contributed by atoms with Gasteiger partial charge < -0.3 is 20.1 Å². The summed E-state index contributed by atoms with van der Waals surface area (Å²) in [7, 11) is -4.40. The van der Waals surface area contributed by atoms with Crippen LogP contribution in [0.2, 0.25) is 0 Å². The van der Waals surface area contributed by atoms with Crippen LogP contribution in [0.3, 0.4) is 0 Å². The molecular formula is C43H72NO8P. The van der Waals surface area contributed by atoms with E-state index in [-0.39, 0.29) is 32.6 Å². The number of ether oxygens (including phenoxy) is 2. The predicted molar refractivity (Wildman–Crippen MR) is 219 cm³/mol. The number of phosphoric acid groups is 1. The first-order valence-corrected chi connectivity index (χ1v) is 21.6. The minimum absolute atomic E-state index is 0.0375. The van der Waals surface area contributed by atoms with Crippen molar-refractivity contribution in [3.05, 3.63) is 85.1 Å². The van der Waals surface area contributed by atoms with Gasteiger partial charge in [0.25, 0.3) is 0 Å². The molecule has 0 saturated heterocycles. The molecule has 0 fully saturated rings. The summed E-state index contributed by atoms with van der Waals surface area (Å²) in [5.41, 5.74) is 5.33. The largest absolute Gasteiger partial charge is 0.472 e. The minimum atomic E-state index is -4.40. The minimum Gasteiger partial charge on any atom is -0.462 e.